The molecular formula is C13H19NO. The van der Waals surface area contributed by atoms with Crippen LogP contribution in [0.4, 0.5) is 0 Å². The SMILES string of the molecule is CC(=O)CC(N)c1ccc(C)c(C)c1C. The van der Waals surface area contributed by atoms with Crippen molar-refractivity contribution in [2.45, 2.75) is 40.2 Å². The molecule has 0 bridgehead atoms. The Morgan fingerprint density at radius 3 is 2.40 bits per heavy atom. The summed E-state index contributed by atoms with van der Waals surface area (Å²) >= 11 is 0. The highest BCUT2D eigenvalue weighted by Crippen LogP contribution is 2.23. The van der Waals surface area contributed by atoms with Gasteiger partial charge in [-0.05, 0) is 49.9 Å². The van der Waals surface area contributed by atoms with Crippen molar-refractivity contribution in [2.75, 3.05) is 0 Å². The van der Waals surface area contributed by atoms with Crippen LogP contribution in [0.3, 0.4) is 0 Å². The first-order chi connectivity index (χ1) is 6.93. The molecule has 2 N–H and O–H groups in total. The number of ketones is 1. The molecule has 2 heteroatoms. The highest BCUT2D eigenvalue weighted by Gasteiger charge is 2.12. The standard InChI is InChI=1S/C13H19NO/c1-8-5-6-12(11(4)10(8)3)13(14)7-9(2)15/h5-6,13H,7,14H2,1-4H3. The molecule has 0 fully saturated rings. The fraction of sp³-hybridized carbons (Fsp3) is 0.462. The lowest BCUT2D eigenvalue weighted by atomic mass is 9.93. The van der Waals surface area contributed by atoms with Crippen LogP contribution in [-0.2, 0) is 4.79 Å². The van der Waals surface area contributed by atoms with Gasteiger partial charge in [-0.15, -0.1) is 0 Å². The van der Waals surface area contributed by atoms with Crippen molar-refractivity contribution in [1.82, 2.24) is 0 Å². The number of hydrogen-bond donors (Lipinski definition) is 1. The van der Waals surface area contributed by atoms with Gasteiger partial charge in [0.15, 0.2) is 0 Å². The number of carbonyl (C=O) groups is 1. The lowest BCUT2D eigenvalue weighted by Gasteiger charge is -2.16. The van der Waals surface area contributed by atoms with Crippen LogP contribution in [0.5, 0.6) is 0 Å². The number of hydrogen-bond acceptors (Lipinski definition) is 2. The molecule has 0 radical (unpaired) electrons. The second-order valence-corrected chi connectivity index (χ2v) is 4.23. The summed E-state index contributed by atoms with van der Waals surface area (Å²) in [5, 5.41) is 0. The molecule has 0 spiro atoms. The molecule has 0 aliphatic rings. The van der Waals surface area contributed by atoms with Crippen LogP contribution in [0.1, 0.15) is 41.6 Å². The predicted molar refractivity (Wildman–Crippen MR) is 62.9 cm³/mol. The molecule has 1 aromatic carbocycles. The van der Waals surface area contributed by atoms with E-state index in [9.17, 15) is 4.79 Å². The molecule has 1 atom stereocenters. The minimum Gasteiger partial charge on any atom is -0.324 e. The molecule has 0 aromatic heterocycles. The number of Topliss-reactive ketones (excluding diaryl/α,β-unsaturated/α-hetero) is 1. The molecule has 0 aliphatic carbocycles. The van der Waals surface area contributed by atoms with Gasteiger partial charge >= 0.3 is 0 Å². The van der Waals surface area contributed by atoms with Gasteiger partial charge in [-0.2, -0.15) is 0 Å². The van der Waals surface area contributed by atoms with Crippen molar-refractivity contribution in [2.24, 2.45) is 5.73 Å². The average molecular weight is 205 g/mol. The lowest BCUT2D eigenvalue weighted by Crippen LogP contribution is -2.15. The third kappa shape index (κ3) is 2.66. The van der Waals surface area contributed by atoms with Crippen LogP contribution >= 0.6 is 0 Å². The van der Waals surface area contributed by atoms with E-state index in [-0.39, 0.29) is 11.8 Å². The van der Waals surface area contributed by atoms with E-state index in [4.69, 9.17) is 5.73 Å². The molecule has 0 heterocycles. The Bertz CT molecular complexity index is 382. The normalized spacial score (nSPS) is 12.6. The molecule has 2 nitrogen and oxygen atoms in total. The molecular weight excluding hydrogens is 186 g/mol. The number of nitrogens with two attached hydrogens (primary N) is 1. The Kier molecular flexibility index (Phi) is 3.64. The van der Waals surface area contributed by atoms with E-state index in [0.29, 0.717) is 6.42 Å². The van der Waals surface area contributed by atoms with Crippen molar-refractivity contribution in [3.8, 4) is 0 Å². The monoisotopic (exact) mass is 205 g/mol. The number of rotatable bonds is 3. The van der Waals surface area contributed by atoms with E-state index in [1.165, 1.54) is 16.7 Å². The predicted octanol–water partition coefficient (Wildman–Crippen LogP) is 2.59. The van der Waals surface area contributed by atoms with Crippen LogP contribution in [0.2, 0.25) is 0 Å². The number of carbonyl (C=O) groups excluding carboxylic acids is 1. The average Bonchev–Trinajstić information content (AvgIpc) is 2.13. The minimum absolute atomic E-state index is 0.139. The maximum Gasteiger partial charge on any atom is 0.131 e. The Morgan fingerprint density at radius 1 is 1.27 bits per heavy atom. The van der Waals surface area contributed by atoms with E-state index in [0.717, 1.165) is 5.56 Å². The van der Waals surface area contributed by atoms with Crippen LogP contribution in [-0.4, -0.2) is 5.78 Å². The van der Waals surface area contributed by atoms with Crippen molar-refractivity contribution >= 4 is 5.78 Å². The maximum absolute atomic E-state index is 11.0. The van der Waals surface area contributed by atoms with Crippen molar-refractivity contribution < 1.29 is 4.79 Å². The van der Waals surface area contributed by atoms with E-state index >= 15 is 0 Å². The molecule has 0 saturated heterocycles. The highest BCUT2D eigenvalue weighted by atomic mass is 16.1. The molecule has 0 saturated carbocycles. The Morgan fingerprint density at radius 2 is 1.87 bits per heavy atom. The molecule has 1 unspecified atom stereocenters. The van der Waals surface area contributed by atoms with E-state index in [1.54, 1.807) is 6.92 Å². The first kappa shape index (κ1) is 11.9. The van der Waals surface area contributed by atoms with Crippen molar-refractivity contribution in [3.05, 3.63) is 34.4 Å². The number of benzene rings is 1. The maximum atomic E-state index is 11.0. The largest absolute Gasteiger partial charge is 0.324 e. The molecule has 0 amide bonds. The lowest BCUT2D eigenvalue weighted by molar-refractivity contribution is -0.117. The zero-order chi connectivity index (χ0) is 11.6. The quantitative estimate of drug-likeness (QED) is 0.824. The smallest absolute Gasteiger partial charge is 0.131 e. The van der Waals surface area contributed by atoms with Gasteiger partial charge in [0, 0.05) is 12.5 Å². The van der Waals surface area contributed by atoms with Gasteiger partial charge in [0.1, 0.15) is 5.78 Å². The van der Waals surface area contributed by atoms with E-state index in [2.05, 4.69) is 26.8 Å². The summed E-state index contributed by atoms with van der Waals surface area (Å²) in [7, 11) is 0. The first-order valence-electron chi connectivity index (χ1n) is 5.25. The van der Waals surface area contributed by atoms with Gasteiger partial charge in [-0.3, -0.25) is 4.79 Å². The van der Waals surface area contributed by atoms with Gasteiger partial charge in [-0.25, -0.2) is 0 Å². The van der Waals surface area contributed by atoms with Gasteiger partial charge < -0.3 is 5.73 Å². The van der Waals surface area contributed by atoms with E-state index < -0.39 is 0 Å². The molecule has 82 valence electrons. The van der Waals surface area contributed by atoms with Crippen LogP contribution in [0.25, 0.3) is 0 Å². The zero-order valence-electron chi connectivity index (χ0n) is 9.92. The molecule has 0 aliphatic heterocycles. The summed E-state index contributed by atoms with van der Waals surface area (Å²) in [4.78, 5) is 11.0. The summed E-state index contributed by atoms with van der Waals surface area (Å²) in [6.07, 6.45) is 0.420. The van der Waals surface area contributed by atoms with Crippen LogP contribution in [0.15, 0.2) is 12.1 Å². The summed E-state index contributed by atoms with van der Waals surface area (Å²) in [5.74, 6) is 0.139. The Labute approximate surface area is 91.5 Å². The third-order valence-electron chi connectivity index (χ3n) is 3.01. The third-order valence-corrected chi connectivity index (χ3v) is 3.01. The van der Waals surface area contributed by atoms with Gasteiger partial charge in [0.05, 0.1) is 0 Å². The van der Waals surface area contributed by atoms with Crippen molar-refractivity contribution in [1.29, 1.82) is 0 Å². The zero-order valence-corrected chi connectivity index (χ0v) is 9.92. The van der Waals surface area contributed by atoms with Gasteiger partial charge in [0.2, 0.25) is 0 Å². The van der Waals surface area contributed by atoms with Crippen molar-refractivity contribution in [3.63, 3.8) is 0 Å². The second-order valence-electron chi connectivity index (χ2n) is 4.23. The van der Waals surface area contributed by atoms with Crippen LogP contribution < -0.4 is 5.73 Å². The Hall–Kier alpha value is -1.15. The molecule has 1 rings (SSSR count). The Balaban J connectivity index is 3.05. The minimum atomic E-state index is -0.165. The number of aryl methyl sites for hydroxylation is 1. The first-order valence-corrected chi connectivity index (χ1v) is 5.25. The molecule has 1 aromatic rings. The summed E-state index contributed by atoms with van der Waals surface area (Å²) in [6.45, 7) is 7.82. The second kappa shape index (κ2) is 4.58. The topological polar surface area (TPSA) is 43.1 Å². The highest BCUT2D eigenvalue weighted by molar-refractivity contribution is 5.76. The molecule has 15 heavy (non-hydrogen) atoms. The fourth-order valence-corrected chi connectivity index (χ4v) is 1.80. The summed E-state index contributed by atoms with van der Waals surface area (Å²) in [5.41, 5.74) is 10.8. The van der Waals surface area contributed by atoms with Gasteiger partial charge in [-0.1, -0.05) is 12.1 Å². The summed E-state index contributed by atoms with van der Waals surface area (Å²) in [6, 6.07) is 3.94. The summed E-state index contributed by atoms with van der Waals surface area (Å²) < 4.78 is 0. The van der Waals surface area contributed by atoms with Crippen LogP contribution in [0, 0.1) is 20.8 Å². The van der Waals surface area contributed by atoms with Gasteiger partial charge in [0.25, 0.3) is 0 Å². The van der Waals surface area contributed by atoms with E-state index in [1.807, 2.05) is 6.07 Å². The fourth-order valence-electron chi connectivity index (χ4n) is 1.80.